The lowest BCUT2D eigenvalue weighted by Gasteiger charge is -2.03. The fourth-order valence-corrected chi connectivity index (χ4v) is 2.89. The lowest BCUT2D eigenvalue weighted by Crippen LogP contribution is -2.23. The van der Waals surface area contributed by atoms with Gasteiger partial charge in [-0.1, -0.05) is 47.1 Å². The average molecular weight is 346 g/mol. The first-order chi connectivity index (χ1) is 12.7. The third-order valence-corrected chi connectivity index (χ3v) is 4.18. The highest BCUT2D eigenvalue weighted by Gasteiger charge is 2.13. The molecule has 0 unspecified atom stereocenters. The lowest BCUT2D eigenvalue weighted by molar-refractivity contribution is 0.0941. The zero-order valence-corrected chi connectivity index (χ0v) is 14.3. The molecule has 2 heterocycles. The van der Waals surface area contributed by atoms with Crippen LogP contribution in [-0.2, 0) is 13.1 Å². The van der Waals surface area contributed by atoms with Crippen molar-refractivity contribution in [3.05, 3.63) is 83.5 Å². The van der Waals surface area contributed by atoms with Gasteiger partial charge in [0.25, 0.3) is 5.91 Å². The van der Waals surface area contributed by atoms with Gasteiger partial charge in [-0.05, 0) is 24.6 Å². The molecular weight excluding hydrogens is 328 g/mol. The summed E-state index contributed by atoms with van der Waals surface area (Å²) in [6.07, 6.45) is 1.75. The Balaban J connectivity index is 1.43. The van der Waals surface area contributed by atoms with E-state index < -0.39 is 0 Å². The van der Waals surface area contributed by atoms with Crippen LogP contribution in [0.2, 0.25) is 0 Å². The number of fused-ring (bicyclic) bond motifs is 1. The summed E-state index contributed by atoms with van der Waals surface area (Å²) in [7, 11) is 0. The number of para-hydroxylation sites is 2. The fourth-order valence-electron chi connectivity index (χ4n) is 2.89. The highest BCUT2D eigenvalue weighted by Crippen LogP contribution is 2.14. The van der Waals surface area contributed by atoms with Gasteiger partial charge in [-0.25, -0.2) is 4.98 Å². The summed E-state index contributed by atoms with van der Waals surface area (Å²) in [5, 5.41) is 6.75. The number of aromatic nitrogens is 3. The van der Waals surface area contributed by atoms with Crippen molar-refractivity contribution in [2.24, 2.45) is 0 Å². The van der Waals surface area contributed by atoms with Gasteiger partial charge >= 0.3 is 0 Å². The van der Waals surface area contributed by atoms with E-state index in [1.54, 1.807) is 12.4 Å². The Morgan fingerprint density at radius 1 is 1.15 bits per heavy atom. The molecule has 0 spiro atoms. The van der Waals surface area contributed by atoms with Gasteiger partial charge in [-0.3, -0.25) is 4.79 Å². The normalized spacial score (nSPS) is 11.0. The second-order valence-electron chi connectivity index (χ2n) is 6.21. The highest BCUT2D eigenvalue weighted by molar-refractivity contribution is 5.92. The van der Waals surface area contributed by atoms with Crippen molar-refractivity contribution in [1.82, 2.24) is 20.0 Å². The lowest BCUT2D eigenvalue weighted by atomic mass is 10.1. The molecule has 0 saturated carbocycles. The maximum absolute atomic E-state index is 12.3. The topological polar surface area (TPSA) is 73.0 Å². The molecule has 130 valence electrons. The number of amides is 1. The van der Waals surface area contributed by atoms with Gasteiger partial charge in [-0.15, -0.1) is 0 Å². The second kappa shape index (κ2) is 6.84. The average Bonchev–Trinajstić information content (AvgIpc) is 3.28. The summed E-state index contributed by atoms with van der Waals surface area (Å²) in [4.78, 5) is 16.6. The first-order valence-electron chi connectivity index (χ1n) is 8.38. The summed E-state index contributed by atoms with van der Waals surface area (Å²) in [5.74, 6) is 0.353. The van der Waals surface area contributed by atoms with Crippen molar-refractivity contribution >= 4 is 16.9 Å². The third-order valence-electron chi connectivity index (χ3n) is 4.18. The number of aryl methyl sites for hydroxylation is 1. The Morgan fingerprint density at radius 3 is 2.92 bits per heavy atom. The molecule has 6 nitrogen and oxygen atoms in total. The smallest absolute Gasteiger partial charge is 0.273 e. The number of nitrogens with zero attached hydrogens (tertiary/aromatic N) is 3. The van der Waals surface area contributed by atoms with Crippen LogP contribution in [0.1, 0.15) is 27.4 Å². The van der Waals surface area contributed by atoms with E-state index in [4.69, 9.17) is 4.52 Å². The van der Waals surface area contributed by atoms with Crippen molar-refractivity contribution in [3.8, 4) is 0 Å². The van der Waals surface area contributed by atoms with Crippen LogP contribution in [0.4, 0.5) is 0 Å². The molecule has 2 aromatic heterocycles. The van der Waals surface area contributed by atoms with Crippen LogP contribution < -0.4 is 5.32 Å². The molecule has 0 aliphatic rings. The van der Waals surface area contributed by atoms with Gasteiger partial charge in [-0.2, -0.15) is 0 Å². The minimum Gasteiger partial charge on any atom is -0.359 e. The van der Waals surface area contributed by atoms with Crippen LogP contribution in [-0.4, -0.2) is 20.6 Å². The molecule has 0 fully saturated rings. The minimum atomic E-state index is -0.253. The fraction of sp³-hybridized carbons (Fsp3) is 0.150. The quantitative estimate of drug-likeness (QED) is 0.602. The van der Waals surface area contributed by atoms with E-state index >= 15 is 0 Å². The number of carbonyl (C=O) groups excluding carboxylic acids is 1. The van der Waals surface area contributed by atoms with Crippen LogP contribution in [0.25, 0.3) is 11.0 Å². The summed E-state index contributed by atoms with van der Waals surface area (Å²) >= 11 is 0. The Morgan fingerprint density at radius 2 is 2.04 bits per heavy atom. The second-order valence-corrected chi connectivity index (χ2v) is 6.21. The number of hydrogen-bond donors (Lipinski definition) is 1. The Hall–Kier alpha value is -3.41. The van der Waals surface area contributed by atoms with Gasteiger partial charge < -0.3 is 14.4 Å². The summed E-state index contributed by atoms with van der Waals surface area (Å²) in [6.45, 7) is 2.95. The molecule has 6 heteroatoms. The molecule has 0 atom stereocenters. The molecule has 0 saturated heterocycles. The predicted octanol–water partition coefficient (Wildman–Crippen LogP) is 3.31. The maximum Gasteiger partial charge on any atom is 0.273 e. The number of nitrogens with one attached hydrogen (secondary N) is 1. The molecule has 2 aromatic carbocycles. The maximum atomic E-state index is 12.3. The van der Waals surface area contributed by atoms with Gasteiger partial charge in [0.05, 0.1) is 23.9 Å². The molecule has 0 bridgehead atoms. The van der Waals surface area contributed by atoms with Crippen LogP contribution in [0.3, 0.4) is 0 Å². The number of hydrogen-bond acceptors (Lipinski definition) is 4. The van der Waals surface area contributed by atoms with Crippen molar-refractivity contribution in [1.29, 1.82) is 0 Å². The monoisotopic (exact) mass is 346 g/mol. The number of benzene rings is 2. The van der Waals surface area contributed by atoms with Gasteiger partial charge in [0.1, 0.15) is 0 Å². The molecule has 0 aliphatic carbocycles. The summed E-state index contributed by atoms with van der Waals surface area (Å²) in [5.41, 5.74) is 4.41. The van der Waals surface area contributed by atoms with E-state index in [9.17, 15) is 4.79 Å². The molecule has 0 radical (unpaired) electrons. The zero-order chi connectivity index (χ0) is 17.9. The Bertz CT molecular complexity index is 1060. The zero-order valence-electron chi connectivity index (χ0n) is 14.3. The summed E-state index contributed by atoms with van der Waals surface area (Å²) < 4.78 is 7.28. The molecule has 4 aromatic rings. The SMILES string of the molecule is Cc1cccc(CNC(=O)c2cc(Cn3cnc4ccccc43)on2)c1. The van der Waals surface area contributed by atoms with E-state index in [-0.39, 0.29) is 11.6 Å². The molecule has 1 amide bonds. The van der Waals surface area contributed by atoms with Crippen molar-refractivity contribution < 1.29 is 9.32 Å². The standard InChI is InChI=1S/C20H18N4O2/c1-14-5-4-6-15(9-14)11-21-20(25)18-10-16(26-23-18)12-24-13-22-17-7-2-3-8-19(17)24/h2-10,13H,11-12H2,1H3,(H,21,25). The molecule has 0 aliphatic heterocycles. The summed E-state index contributed by atoms with van der Waals surface area (Å²) in [6, 6.07) is 17.5. The first-order valence-corrected chi connectivity index (χ1v) is 8.38. The first kappa shape index (κ1) is 16.1. The molecular formula is C20H18N4O2. The van der Waals surface area contributed by atoms with Crippen molar-refractivity contribution in [2.75, 3.05) is 0 Å². The van der Waals surface area contributed by atoms with Gasteiger partial charge in [0, 0.05) is 12.6 Å². The van der Waals surface area contributed by atoms with Crippen molar-refractivity contribution in [3.63, 3.8) is 0 Å². The van der Waals surface area contributed by atoms with E-state index in [2.05, 4.69) is 15.5 Å². The molecule has 26 heavy (non-hydrogen) atoms. The minimum absolute atomic E-state index is 0.253. The van der Waals surface area contributed by atoms with Crippen LogP contribution in [0.15, 0.2) is 65.4 Å². The van der Waals surface area contributed by atoms with Crippen LogP contribution in [0, 0.1) is 6.92 Å². The third kappa shape index (κ3) is 3.35. The highest BCUT2D eigenvalue weighted by atomic mass is 16.5. The number of carbonyl (C=O) groups is 1. The molecule has 4 rings (SSSR count). The molecule has 1 N–H and O–H groups in total. The van der Waals surface area contributed by atoms with E-state index in [0.29, 0.717) is 18.8 Å². The predicted molar refractivity (Wildman–Crippen MR) is 97.7 cm³/mol. The van der Waals surface area contributed by atoms with E-state index in [1.807, 2.05) is 60.0 Å². The largest absolute Gasteiger partial charge is 0.359 e. The Labute approximate surface area is 150 Å². The van der Waals surface area contributed by atoms with Gasteiger partial charge in [0.2, 0.25) is 0 Å². The number of imidazole rings is 1. The van der Waals surface area contributed by atoms with Gasteiger partial charge in [0.15, 0.2) is 11.5 Å². The van der Waals surface area contributed by atoms with E-state index in [0.717, 1.165) is 22.2 Å². The van der Waals surface area contributed by atoms with Crippen LogP contribution in [0.5, 0.6) is 0 Å². The van der Waals surface area contributed by atoms with Crippen LogP contribution >= 0.6 is 0 Å². The van der Waals surface area contributed by atoms with Crippen molar-refractivity contribution in [2.45, 2.75) is 20.0 Å². The Kier molecular flexibility index (Phi) is 4.23. The van der Waals surface area contributed by atoms with E-state index in [1.165, 1.54) is 0 Å². The number of rotatable bonds is 5.